The van der Waals surface area contributed by atoms with Crippen LogP contribution in [-0.4, -0.2) is 34.2 Å². The molecule has 1 aliphatic rings. The number of piperidine rings is 1. The lowest BCUT2D eigenvalue weighted by molar-refractivity contribution is 0.349. The van der Waals surface area contributed by atoms with E-state index in [4.69, 9.17) is 5.14 Å². The summed E-state index contributed by atoms with van der Waals surface area (Å²) in [5.74, 6) is -0.272. The topological polar surface area (TPSA) is 110 Å². The minimum atomic E-state index is -3.59. The van der Waals surface area contributed by atoms with E-state index in [1.165, 1.54) is 16.4 Å². The van der Waals surface area contributed by atoms with E-state index in [1.54, 1.807) is 12.1 Å². The van der Waals surface area contributed by atoms with E-state index in [-0.39, 0.29) is 5.75 Å². The maximum absolute atomic E-state index is 12.2. The molecule has 0 unspecified atom stereocenters. The Balaban J connectivity index is 2.05. The average molecular weight is 333 g/mol. The highest BCUT2D eigenvalue weighted by atomic mass is 32.2. The van der Waals surface area contributed by atoms with Crippen molar-refractivity contribution in [2.45, 2.75) is 25.0 Å². The summed E-state index contributed by atoms with van der Waals surface area (Å²) in [6, 6.07) is 6.14. The Labute approximate surface area is 125 Å². The lowest BCUT2D eigenvalue weighted by atomic mass is 10.2. The lowest BCUT2D eigenvalue weighted by Gasteiger charge is -2.26. The van der Waals surface area contributed by atoms with Gasteiger partial charge in [-0.25, -0.2) is 13.6 Å². The third-order valence-electron chi connectivity index (χ3n) is 3.22. The van der Waals surface area contributed by atoms with E-state index >= 15 is 0 Å². The van der Waals surface area contributed by atoms with Crippen molar-refractivity contribution in [1.29, 1.82) is 0 Å². The van der Waals surface area contributed by atoms with Gasteiger partial charge in [-0.2, -0.15) is 12.7 Å². The van der Waals surface area contributed by atoms with Crippen molar-refractivity contribution in [3.05, 3.63) is 29.8 Å². The van der Waals surface area contributed by atoms with Gasteiger partial charge in [0.2, 0.25) is 10.0 Å². The van der Waals surface area contributed by atoms with Gasteiger partial charge in [0, 0.05) is 18.8 Å². The minimum Gasteiger partial charge on any atom is -0.271 e. The number of primary sulfonamides is 1. The largest absolute Gasteiger partial charge is 0.301 e. The Morgan fingerprint density at radius 2 is 1.57 bits per heavy atom. The van der Waals surface area contributed by atoms with Gasteiger partial charge in [-0.1, -0.05) is 18.6 Å². The molecule has 1 heterocycles. The maximum atomic E-state index is 12.2. The van der Waals surface area contributed by atoms with Gasteiger partial charge in [-0.15, -0.1) is 0 Å². The summed E-state index contributed by atoms with van der Waals surface area (Å²) in [6.45, 7) is 1.05. The summed E-state index contributed by atoms with van der Waals surface area (Å²) < 4.78 is 50.2. The summed E-state index contributed by atoms with van der Waals surface area (Å²) in [4.78, 5) is 0. The molecule has 0 radical (unpaired) electrons. The fraction of sp³-hybridized carbons (Fsp3) is 0.500. The maximum Gasteiger partial charge on any atom is 0.301 e. The number of nitrogens with two attached hydrogens (primary N) is 1. The zero-order chi connectivity index (χ0) is 15.5. The average Bonchev–Trinajstić information content (AvgIpc) is 2.40. The number of nitrogens with one attached hydrogen (secondary N) is 1. The van der Waals surface area contributed by atoms with Crippen LogP contribution in [0.4, 0.5) is 5.69 Å². The first-order valence-corrected chi connectivity index (χ1v) is 9.79. The van der Waals surface area contributed by atoms with Crippen molar-refractivity contribution in [2.24, 2.45) is 5.14 Å². The summed E-state index contributed by atoms with van der Waals surface area (Å²) in [5, 5.41) is 4.96. The smallest absolute Gasteiger partial charge is 0.271 e. The van der Waals surface area contributed by atoms with Crippen LogP contribution in [0.1, 0.15) is 24.8 Å². The second kappa shape index (κ2) is 6.30. The molecule has 0 saturated carbocycles. The van der Waals surface area contributed by atoms with Gasteiger partial charge in [0.15, 0.2) is 0 Å². The molecule has 1 saturated heterocycles. The molecule has 0 spiro atoms. The van der Waals surface area contributed by atoms with Crippen LogP contribution in [-0.2, 0) is 26.0 Å². The number of nitrogens with zero attached hydrogens (tertiary/aromatic N) is 1. The zero-order valence-electron chi connectivity index (χ0n) is 11.5. The van der Waals surface area contributed by atoms with Crippen molar-refractivity contribution < 1.29 is 16.8 Å². The van der Waals surface area contributed by atoms with Crippen molar-refractivity contribution in [3.63, 3.8) is 0 Å². The van der Waals surface area contributed by atoms with Crippen LogP contribution in [0.2, 0.25) is 0 Å². The third kappa shape index (κ3) is 4.95. The van der Waals surface area contributed by atoms with E-state index in [2.05, 4.69) is 4.72 Å². The molecule has 1 aromatic carbocycles. The molecule has 0 amide bonds. The molecular formula is C12H19N3O4S2. The van der Waals surface area contributed by atoms with Gasteiger partial charge in [0.1, 0.15) is 0 Å². The number of rotatable bonds is 5. The SMILES string of the molecule is NS(=O)(=O)Cc1ccc(NS(=O)(=O)N2CCCCC2)cc1. The summed E-state index contributed by atoms with van der Waals surface area (Å²) in [6.07, 6.45) is 2.79. The fourth-order valence-corrected chi connectivity index (χ4v) is 4.18. The predicted octanol–water partition coefficient (Wildman–Crippen LogP) is 0.618. The molecule has 0 bridgehead atoms. The van der Waals surface area contributed by atoms with E-state index in [1.807, 2.05) is 0 Å². The molecule has 1 fully saturated rings. The molecule has 2 rings (SSSR count). The highest BCUT2D eigenvalue weighted by Crippen LogP contribution is 2.17. The summed E-state index contributed by atoms with van der Waals surface area (Å²) >= 11 is 0. The Morgan fingerprint density at radius 3 is 2.10 bits per heavy atom. The van der Waals surface area contributed by atoms with Crippen LogP contribution in [0.15, 0.2) is 24.3 Å². The van der Waals surface area contributed by atoms with Crippen LogP contribution >= 0.6 is 0 Å². The van der Waals surface area contributed by atoms with Crippen molar-refractivity contribution in [2.75, 3.05) is 17.8 Å². The van der Waals surface area contributed by atoms with Crippen LogP contribution in [0.5, 0.6) is 0 Å². The van der Waals surface area contributed by atoms with Crippen molar-refractivity contribution in [1.82, 2.24) is 4.31 Å². The minimum absolute atomic E-state index is 0.272. The normalized spacial score (nSPS) is 17.6. The molecule has 21 heavy (non-hydrogen) atoms. The second-order valence-corrected chi connectivity index (χ2v) is 8.36. The predicted molar refractivity (Wildman–Crippen MR) is 81.2 cm³/mol. The number of benzene rings is 1. The molecule has 0 aromatic heterocycles. The number of sulfonamides is 1. The molecule has 1 aromatic rings. The summed E-state index contributed by atoms with van der Waals surface area (Å²) in [5.41, 5.74) is 0.914. The van der Waals surface area contributed by atoms with E-state index in [9.17, 15) is 16.8 Å². The molecule has 0 aliphatic carbocycles. The van der Waals surface area contributed by atoms with Crippen LogP contribution < -0.4 is 9.86 Å². The van der Waals surface area contributed by atoms with Gasteiger partial charge in [0.05, 0.1) is 5.75 Å². The molecule has 118 valence electrons. The number of anilines is 1. The second-order valence-electron chi connectivity index (χ2n) is 5.07. The first-order chi connectivity index (χ1) is 9.76. The fourth-order valence-electron chi connectivity index (χ4n) is 2.22. The van der Waals surface area contributed by atoms with Gasteiger partial charge >= 0.3 is 10.2 Å². The Hall–Kier alpha value is -1.16. The molecule has 0 atom stereocenters. The van der Waals surface area contributed by atoms with Crippen LogP contribution in [0.25, 0.3) is 0 Å². The molecule has 1 aliphatic heterocycles. The first kappa shape index (κ1) is 16.2. The highest BCUT2D eigenvalue weighted by Gasteiger charge is 2.23. The van der Waals surface area contributed by atoms with Crippen molar-refractivity contribution >= 4 is 25.9 Å². The molecule has 3 N–H and O–H groups in total. The van der Waals surface area contributed by atoms with Crippen LogP contribution in [0, 0.1) is 0 Å². The number of hydrogen-bond acceptors (Lipinski definition) is 4. The van der Waals surface area contributed by atoms with Gasteiger partial charge in [0.25, 0.3) is 0 Å². The molecular weight excluding hydrogens is 314 g/mol. The van der Waals surface area contributed by atoms with Crippen molar-refractivity contribution in [3.8, 4) is 0 Å². The molecule has 7 nitrogen and oxygen atoms in total. The quantitative estimate of drug-likeness (QED) is 0.823. The monoisotopic (exact) mass is 333 g/mol. The Morgan fingerprint density at radius 1 is 1.00 bits per heavy atom. The first-order valence-electron chi connectivity index (χ1n) is 6.64. The van der Waals surface area contributed by atoms with E-state index < -0.39 is 20.2 Å². The molecule has 9 heteroatoms. The third-order valence-corrected chi connectivity index (χ3v) is 5.50. The Bertz CT molecular complexity index is 678. The Kier molecular flexibility index (Phi) is 4.87. The van der Waals surface area contributed by atoms with E-state index in [0.717, 1.165) is 19.3 Å². The highest BCUT2D eigenvalue weighted by molar-refractivity contribution is 7.90. The number of hydrogen-bond donors (Lipinski definition) is 2. The lowest BCUT2D eigenvalue weighted by Crippen LogP contribution is -2.39. The van der Waals surface area contributed by atoms with Crippen LogP contribution in [0.3, 0.4) is 0 Å². The van der Waals surface area contributed by atoms with E-state index in [0.29, 0.717) is 24.3 Å². The van der Waals surface area contributed by atoms with Gasteiger partial charge < -0.3 is 0 Å². The van der Waals surface area contributed by atoms with Gasteiger partial charge in [-0.3, -0.25) is 4.72 Å². The standard InChI is InChI=1S/C12H19N3O4S2/c13-20(16,17)10-11-4-6-12(7-5-11)14-21(18,19)15-8-2-1-3-9-15/h4-7,14H,1-3,8-10H2,(H2,13,16,17). The summed E-state index contributed by atoms with van der Waals surface area (Å²) in [7, 11) is -7.13. The zero-order valence-corrected chi connectivity index (χ0v) is 13.2. The van der Waals surface area contributed by atoms with Gasteiger partial charge in [-0.05, 0) is 30.5 Å².